The fraction of sp³-hybridized carbons (Fsp3) is 0.500. The van der Waals surface area contributed by atoms with E-state index < -0.39 is 5.54 Å². The van der Waals surface area contributed by atoms with Gasteiger partial charge in [-0.3, -0.25) is 9.78 Å². The third-order valence-corrected chi connectivity index (χ3v) is 3.23. The maximum atomic E-state index is 11.9. The van der Waals surface area contributed by atoms with Crippen molar-refractivity contribution in [2.24, 2.45) is 5.73 Å². The molecule has 1 aliphatic rings. The van der Waals surface area contributed by atoms with Gasteiger partial charge in [0, 0.05) is 12.4 Å². The fourth-order valence-electron chi connectivity index (χ4n) is 1.84. The van der Waals surface area contributed by atoms with Gasteiger partial charge in [-0.1, -0.05) is 6.07 Å². The molecule has 1 unspecified atom stereocenters. The van der Waals surface area contributed by atoms with Gasteiger partial charge in [0.2, 0.25) is 5.91 Å². The molecule has 4 nitrogen and oxygen atoms in total. The summed E-state index contributed by atoms with van der Waals surface area (Å²) in [5.41, 5.74) is 6.32. The Bertz CT molecular complexity index is 373. The van der Waals surface area contributed by atoms with Crippen molar-refractivity contribution < 1.29 is 4.79 Å². The molecule has 1 aromatic rings. The van der Waals surface area contributed by atoms with Crippen LogP contribution in [-0.2, 0) is 4.79 Å². The van der Waals surface area contributed by atoms with E-state index in [0.717, 1.165) is 24.8 Å². The van der Waals surface area contributed by atoms with Gasteiger partial charge in [-0.05, 0) is 37.8 Å². The zero-order valence-corrected chi connectivity index (χ0v) is 9.44. The van der Waals surface area contributed by atoms with E-state index in [1.165, 1.54) is 0 Å². The van der Waals surface area contributed by atoms with Crippen molar-refractivity contribution in [1.29, 1.82) is 0 Å². The number of hydrogen-bond acceptors (Lipinski definition) is 3. The molecular weight excluding hydrogens is 202 g/mol. The summed E-state index contributed by atoms with van der Waals surface area (Å²) in [6.45, 7) is 1.94. The minimum Gasteiger partial charge on any atom is -0.348 e. The van der Waals surface area contributed by atoms with Crippen LogP contribution in [0.25, 0.3) is 0 Å². The Hall–Kier alpha value is -1.42. The third kappa shape index (κ3) is 2.07. The molecule has 4 heteroatoms. The second-order valence-corrected chi connectivity index (χ2v) is 4.49. The minimum atomic E-state index is -0.629. The van der Waals surface area contributed by atoms with E-state index in [0.29, 0.717) is 0 Å². The third-order valence-electron chi connectivity index (χ3n) is 3.23. The molecular formula is C12H17N3O. The largest absolute Gasteiger partial charge is 0.348 e. The average Bonchev–Trinajstić information content (AvgIpc) is 2.27. The molecule has 86 valence electrons. The van der Waals surface area contributed by atoms with Gasteiger partial charge in [-0.15, -0.1) is 0 Å². The molecule has 0 spiro atoms. The minimum absolute atomic E-state index is 0.0396. The van der Waals surface area contributed by atoms with Crippen LogP contribution < -0.4 is 11.1 Å². The molecule has 1 aromatic heterocycles. The molecule has 1 amide bonds. The Balaban J connectivity index is 1.97. The van der Waals surface area contributed by atoms with Gasteiger partial charge >= 0.3 is 0 Å². The summed E-state index contributed by atoms with van der Waals surface area (Å²) in [4.78, 5) is 15.9. The van der Waals surface area contributed by atoms with Crippen molar-refractivity contribution >= 4 is 5.91 Å². The van der Waals surface area contributed by atoms with Crippen LogP contribution in [0.4, 0.5) is 0 Å². The van der Waals surface area contributed by atoms with Crippen molar-refractivity contribution in [2.45, 2.75) is 37.8 Å². The second kappa shape index (κ2) is 4.22. The SMILES string of the molecule is CC(NC(=O)C1(N)CCC1)c1cccnc1. The smallest absolute Gasteiger partial charge is 0.240 e. The number of nitrogens with one attached hydrogen (secondary N) is 1. The molecule has 0 aliphatic heterocycles. The maximum Gasteiger partial charge on any atom is 0.240 e. The van der Waals surface area contributed by atoms with Crippen LogP contribution in [-0.4, -0.2) is 16.4 Å². The van der Waals surface area contributed by atoms with Crippen molar-refractivity contribution in [3.8, 4) is 0 Å². The number of aromatic nitrogens is 1. The van der Waals surface area contributed by atoms with E-state index in [1.807, 2.05) is 19.1 Å². The predicted molar refractivity (Wildman–Crippen MR) is 61.6 cm³/mol. The Kier molecular flexibility index (Phi) is 2.92. The molecule has 2 rings (SSSR count). The molecule has 16 heavy (non-hydrogen) atoms. The number of pyridine rings is 1. The molecule has 0 aromatic carbocycles. The van der Waals surface area contributed by atoms with Crippen LogP contribution in [0.3, 0.4) is 0 Å². The van der Waals surface area contributed by atoms with Crippen LogP contribution in [0.1, 0.15) is 37.8 Å². The highest BCUT2D eigenvalue weighted by Crippen LogP contribution is 2.29. The van der Waals surface area contributed by atoms with E-state index in [2.05, 4.69) is 10.3 Å². The van der Waals surface area contributed by atoms with Crippen LogP contribution in [0.5, 0.6) is 0 Å². The van der Waals surface area contributed by atoms with Gasteiger partial charge in [0.05, 0.1) is 11.6 Å². The van der Waals surface area contributed by atoms with E-state index in [-0.39, 0.29) is 11.9 Å². The van der Waals surface area contributed by atoms with Crippen molar-refractivity contribution in [3.05, 3.63) is 30.1 Å². The van der Waals surface area contributed by atoms with Gasteiger partial charge in [0.25, 0.3) is 0 Å². The van der Waals surface area contributed by atoms with E-state index in [1.54, 1.807) is 12.4 Å². The molecule has 1 heterocycles. The Labute approximate surface area is 95.3 Å². The monoisotopic (exact) mass is 219 g/mol. The fourth-order valence-corrected chi connectivity index (χ4v) is 1.84. The number of carbonyl (C=O) groups is 1. The lowest BCUT2D eigenvalue weighted by atomic mass is 9.77. The molecule has 0 radical (unpaired) electrons. The lowest BCUT2D eigenvalue weighted by Gasteiger charge is -2.37. The summed E-state index contributed by atoms with van der Waals surface area (Å²) in [5.74, 6) is -0.0462. The lowest BCUT2D eigenvalue weighted by Crippen LogP contribution is -2.58. The number of amides is 1. The molecule has 1 saturated carbocycles. The summed E-state index contributed by atoms with van der Waals surface area (Å²) >= 11 is 0. The average molecular weight is 219 g/mol. The highest BCUT2D eigenvalue weighted by Gasteiger charge is 2.40. The summed E-state index contributed by atoms with van der Waals surface area (Å²) in [6.07, 6.45) is 6.10. The van der Waals surface area contributed by atoms with Crippen molar-refractivity contribution in [1.82, 2.24) is 10.3 Å². The zero-order valence-electron chi connectivity index (χ0n) is 9.44. The number of nitrogens with two attached hydrogens (primary N) is 1. The topological polar surface area (TPSA) is 68.0 Å². The van der Waals surface area contributed by atoms with Gasteiger partial charge < -0.3 is 11.1 Å². The summed E-state index contributed by atoms with van der Waals surface area (Å²) < 4.78 is 0. The number of carbonyl (C=O) groups excluding carboxylic acids is 1. The first-order valence-corrected chi connectivity index (χ1v) is 5.62. The van der Waals surface area contributed by atoms with E-state index in [4.69, 9.17) is 5.73 Å². The van der Waals surface area contributed by atoms with Crippen molar-refractivity contribution in [3.63, 3.8) is 0 Å². The van der Waals surface area contributed by atoms with E-state index in [9.17, 15) is 4.79 Å². The Morgan fingerprint density at radius 2 is 2.38 bits per heavy atom. The number of nitrogens with zero attached hydrogens (tertiary/aromatic N) is 1. The first kappa shape index (κ1) is 11.1. The molecule has 1 fully saturated rings. The number of rotatable bonds is 3. The maximum absolute atomic E-state index is 11.9. The molecule has 0 saturated heterocycles. The normalized spacial score (nSPS) is 19.6. The van der Waals surface area contributed by atoms with Crippen molar-refractivity contribution in [2.75, 3.05) is 0 Å². The first-order valence-electron chi connectivity index (χ1n) is 5.62. The standard InChI is InChI=1S/C12H17N3O/c1-9(10-4-2-7-14-8-10)15-11(16)12(13)5-3-6-12/h2,4,7-9H,3,5-6,13H2,1H3,(H,15,16). The summed E-state index contributed by atoms with van der Waals surface area (Å²) in [6, 6.07) is 3.77. The molecule has 0 bridgehead atoms. The van der Waals surface area contributed by atoms with Gasteiger partial charge in [0.15, 0.2) is 0 Å². The summed E-state index contributed by atoms with van der Waals surface area (Å²) in [7, 11) is 0. The second-order valence-electron chi connectivity index (χ2n) is 4.49. The van der Waals surface area contributed by atoms with Gasteiger partial charge in [-0.25, -0.2) is 0 Å². The van der Waals surface area contributed by atoms with Crippen LogP contribution >= 0.6 is 0 Å². The van der Waals surface area contributed by atoms with Crippen LogP contribution in [0, 0.1) is 0 Å². The summed E-state index contributed by atoms with van der Waals surface area (Å²) in [5, 5.41) is 2.93. The highest BCUT2D eigenvalue weighted by molar-refractivity contribution is 5.87. The Morgan fingerprint density at radius 3 is 2.88 bits per heavy atom. The van der Waals surface area contributed by atoms with E-state index >= 15 is 0 Å². The van der Waals surface area contributed by atoms with Crippen LogP contribution in [0.15, 0.2) is 24.5 Å². The van der Waals surface area contributed by atoms with Gasteiger partial charge in [0.1, 0.15) is 0 Å². The Morgan fingerprint density at radius 1 is 1.62 bits per heavy atom. The predicted octanol–water partition coefficient (Wildman–Crippen LogP) is 1.14. The number of hydrogen-bond donors (Lipinski definition) is 2. The lowest BCUT2D eigenvalue weighted by molar-refractivity contribution is -0.129. The molecule has 1 atom stereocenters. The van der Waals surface area contributed by atoms with Gasteiger partial charge in [-0.2, -0.15) is 0 Å². The van der Waals surface area contributed by atoms with Crippen LogP contribution in [0.2, 0.25) is 0 Å². The molecule has 3 N–H and O–H groups in total. The first-order chi connectivity index (χ1) is 7.62. The highest BCUT2D eigenvalue weighted by atomic mass is 16.2. The quantitative estimate of drug-likeness (QED) is 0.801. The zero-order chi connectivity index (χ0) is 11.6. The molecule has 1 aliphatic carbocycles.